The lowest BCUT2D eigenvalue weighted by Gasteiger charge is -2.46. The maximum Gasteiger partial charge on any atom is 0.335 e. The van der Waals surface area contributed by atoms with Crippen molar-refractivity contribution in [2.75, 3.05) is 18.1 Å². The maximum absolute atomic E-state index is 11.3. The lowest BCUT2D eigenvalue weighted by molar-refractivity contribution is 0.0687. The summed E-state index contributed by atoms with van der Waals surface area (Å²) in [5, 5.41) is 9.32. The number of carboxylic acid groups (broad SMARTS) is 1. The predicted molar refractivity (Wildman–Crippen MR) is 87.0 cm³/mol. The number of carboxylic acids is 1. The molecule has 2 aliphatic heterocycles. The molecule has 0 aliphatic carbocycles. The van der Waals surface area contributed by atoms with Gasteiger partial charge in [0.2, 0.25) is 0 Å². The average molecular weight is 305 g/mol. The first-order valence-corrected chi connectivity index (χ1v) is 8.80. The van der Waals surface area contributed by atoms with Crippen molar-refractivity contribution in [3.8, 4) is 0 Å². The van der Waals surface area contributed by atoms with Gasteiger partial charge >= 0.3 is 5.97 Å². The Morgan fingerprint density at radius 3 is 2.95 bits per heavy atom. The summed E-state index contributed by atoms with van der Waals surface area (Å²) in [7, 11) is 0. The molecule has 114 valence electrons. The summed E-state index contributed by atoms with van der Waals surface area (Å²) in [6.45, 7) is 6.62. The molecule has 2 heterocycles. The van der Waals surface area contributed by atoms with Crippen molar-refractivity contribution in [3.63, 3.8) is 0 Å². The van der Waals surface area contributed by atoms with Crippen molar-refractivity contribution in [1.82, 2.24) is 4.90 Å². The highest BCUT2D eigenvalue weighted by atomic mass is 32.2. The molecule has 21 heavy (non-hydrogen) atoms. The predicted octanol–water partition coefficient (Wildman–Crippen LogP) is 3.27. The summed E-state index contributed by atoms with van der Waals surface area (Å²) in [5.74, 6) is 1.66. The number of hydrogen-bond acceptors (Lipinski definition) is 3. The minimum atomic E-state index is -0.797. The summed E-state index contributed by atoms with van der Waals surface area (Å²) >= 11 is 2.05. The highest BCUT2D eigenvalue weighted by molar-refractivity contribution is 7.99. The van der Waals surface area contributed by atoms with Crippen LogP contribution in [-0.2, 0) is 13.0 Å². The molecule has 1 atom stereocenters. The molecule has 1 aromatic rings. The van der Waals surface area contributed by atoms with Crippen molar-refractivity contribution in [2.24, 2.45) is 5.41 Å². The molecule has 4 heteroatoms. The zero-order chi connectivity index (χ0) is 15.0. The SMILES string of the molecule is CC1(C)CCSCC1N1CCc2c(cccc2C(=O)O)C1. The average Bonchev–Trinajstić information content (AvgIpc) is 2.45. The van der Waals surface area contributed by atoms with Gasteiger partial charge in [-0.15, -0.1) is 0 Å². The first-order valence-electron chi connectivity index (χ1n) is 7.65. The van der Waals surface area contributed by atoms with Crippen LogP contribution in [0.2, 0.25) is 0 Å². The van der Waals surface area contributed by atoms with Gasteiger partial charge in [-0.1, -0.05) is 26.0 Å². The van der Waals surface area contributed by atoms with Crippen LogP contribution < -0.4 is 0 Å². The molecule has 3 rings (SSSR count). The number of benzene rings is 1. The molecule has 1 N–H and O–H groups in total. The third kappa shape index (κ3) is 2.84. The van der Waals surface area contributed by atoms with Gasteiger partial charge < -0.3 is 5.11 Å². The fraction of sp³-hybridized carbons (Fsp3) is 0.588. The van der Waals surface area contributed by atoms with Gasteiger partial charge in [-0.05, 0) is 41.2 Å². The molecule has 2 aliphatic rings. The van der Waals surface area contributed by atoms with Gasteiger partial charge in [-0.25, -0.2) is 4.79 Å². The Bertz CT molecular complexity index is 556. The van der Waals surface area contributed by atoms with Crippen LogP contribution in [0.3, 0.4) is 0 Å². The van der Waals surface area contributed by atoms with E-state index in [9.17, 15) is 9.90 Å². The molecule has 0 bridgehead atoms. The number of nitrogens with zero attached hydrogens (tertiary/aromatic N) is 1. The van der Waals surface area contributed by atoms with E-state index in [1.807, 2.05) is 6.07 Å². The zero-order valence-corrected chi connectivity index (χ0v) is 13.6. The van der Waals surface area contributed by atoms with E-state index in [2.05, 4.69) is 36.6 Å². The molecule has 1 saturated heterocycles. The molecular weight excluding hydrogens is 282 g/mol. The Morgan fingerprint density at radius 2 is 2.24 bits per heavy atom. The first kappa shape index (κ1) is 14.9. The Morgan fingerprint density at radius 1 is 1.43 bits per heavy atom. The van der Waals surface area contributed by atoms with Crippen molar-refractivity contribution in [2.45, 2.75) is 39.3 Å². The van der Waals surface area contributed by atoms with E-state index in [1.54, 1.807) is 6.07 Å². The van der Waals surface area contributed by atoms with Gasteiger partial charge in [-0.3, -0.25) is 4.90 Å². The molecule has 1 fully saturated rings. The van der Waals surface area contributed by atoms with E-state index in [-0.39, 0.29) is 0 Å². The maximum atomic E-state index is 11.3. The molecule has 0 spiro atoms. The highest BCUT2D eigenvalue weighted by Gasteiger charge is 2.38. The molecule has 0 aromatic heterocycles. The first-order chi connectivity index (χ1) is 9.99. The summed E-state index contributed by atoms with van der Waals surface area (Å²) in [4.78, 5) is 13.9. The van der Waals surface area contributed by atoms with Gasteiger partial charge in [0.1, 0.15) is 0 Å². The summed E-state index contributed by atoms with van der Waals surface area (Å²) in [6, 6.07) is 6.30. The van der Waals surface area contributed by atoms with Crippen molar-refractivity contribution in [1.29, 1.82) is 0 Å². The number of thioether (sulfide) groups is 1. The summed E-state index contributed by atoms with van der Waals surface area (Å²) in [6.07, 6.45) is 2.12. The monoisotopic (exact) mass is 305 g/mol. The number of rotatable bonds is 2. The molecular formula is C17H23NO2S. The lowest BCUT2D eigenvalue weighted by atomic mass is 9.80. The molecule has 1 aromatic carbocycles. The van der Waals surface area contributed by atoms with Crippen LogP contribution in [0, 0.1) is 5.41 Å². The van der Waals surface area contributed by atoms with Crippen LogP contribution in [0.4, 0.5) is 0 Å². The van der Waals surface area contributed by atoms with Crippen molar-refractivity contribution >= 4 is 17.7 Å². The largest absolute Gasteiger partial charge is 0.478 e. The van der Waals surface area contributed by atoms with Crippen LogP contribution in [0.25, 0.3) is 0 Å². The minimum Gasteiger partial charge on any atom is -0.478 e. The summed E-state index contributed by atoms with van der Waals surface area (Å²) in [5.41, 5.74) is 3.09. The van der Waals surface area contributed by atoms with E-state index in [1.165, 1.54) is 23.5 Å². The van der Waals surface area contributed by atoms with E-state index >= 15 is 0 Å². The number of hydrogen-bond donors (Lipinski definition) is 1. The number of carbonyl (C=O) groups is 1. The normalized spacial score (nSPS) is 25.3. The summed E-state index contributed by atoms with van der Waals surface area (Å²) < 4.78 is 0. The van der Waals surface area contributed by atoms with Crippen molar-refractivity contribution in [3.05, 3.63) is 34.9 Å². The second kappa shape index (κ2) is 5.65. The third-order valence-corrected chi connectivity index (χ3v) is 6.08. The van der Waals surface area contributed by atoms with Crippen LogP contribution >= 0.6 is 11.8 Å². The number of aromatic carboxylic acids is 1. The van der Waals surface area contributed by atoms with Crippen LogP contribution in [-0.4, -0.2) is 40.1 Å². The molecule has 0 radical (unpaired) electrons. The Balaban J connectivity index is 1.85. The fourth-order valence-electron chi connectivity index (χ4n) is 3.62. The van der Waals surface area contributed by atoms with E-state index in [0.717, 1.165) is 25.1 Å². The van der Waals surface area contributed by atoms with Crippen LogP contribution in [0.1, 0.15) is 41.8 Å². The smallest absolute Gasteiger partial charge is 0.335 e. The molecule has 0 saturated carbocycles. The second-order valence-electron chi connectivity index (χ2n) is 6.80. The highest BCUT2D eigenvalue weighted by Crippen LogP contribution is 2.39. The Hall–Kier alpha value is -1.00. The third-order valence-electron chi connectivity index (χ3n) is 5.04. The standard InChI is InChI=1S/C17H23NO2S/c1-17(2)7-9-21-11-15(17)18-8-6-13-12(10-18)4-3-5-14(13)16(19)20/h3-5,15H,6-11H2,1-2H3,(H,19,20). The Labute approximate surface area is 130 Å². The van der Waals surface area contributed by atoms with Gasteiger partial charge in [0, 0.05) is 24.9 Å². The lowest BCUT2D eigenvalue weighted by Crippen LogP contribution is -2.51. The molecule has 3 nitrogen and oxygen atoms in total. The molecule has 0 amide bonds. The van der Waals surface area contributed by atoms with E-state index in [4.69, 9.17) is 0 Å². The van der Waals surface area contributed by atoms with Crippen molar-refractivity contribution < 1.29 is 9.90 Å². The van der Waals surface area contributed by atoms with Crippen LogP contribution in [0.5, 0.6) is 0 Å². The number of fused-ring (bicyclic) bond motifs is 1. The van der Waals surface area contributed by atoms with Gasteiger partial charge in [-0.2, -0.15) is 11.8 Å². The fourth-order valence-corrected chi connectivity index (χ4v) is 5.34. The van der Waals surface area contributed by atoms with Crippen LogP contribution in [0.15, 0.2) is 18.2 Å². The zero-order valence-electron chi connectivity index (χ0n) is 12.8. The quantitative estimate of drug-likeness (QED) is 0.910. The topological polar surface area (TPSA) is 40.5 Å². The van der Waals surface area contributed by atoms with Gasteiger partial charge in [0.15, 0.2) is 0 Å². The minimum absolute atomic E-state index is 0.354. The second-order valence-corrected chi connectivity index (χ2v) is 7.95. The van der Waals surface area contributed by atoms with E-state index < -0.39 is 5.97 Å². The molecule has 1 unspecified atom stereocenters. The Kier molecular flexibility index (Phi) is 4.02. The van der Waals surface area contributed by atoms with Gasteiger partial charge in [0.05, 0.1) is 5.56 Å². The van der Waals surface area contributed by atoms with E-state index in [0.29, 0.717) is 17.0 Å². The van der Waals surface area contributed by atoms with Gasteiger partial charge in [0.25, 0.3) is 0 Å².